The number of carbonyl (C=O) groups is 1. The molecule has 294 valence electrons. The van der Waals surface area contributed by atoms with Crippen LogP contribution in [0.25, 0.3) is 11.0 Å². The van der Waals surface area contributed by atoms with E-state index >= 15 is 0 Å². The second-order valence-electron chi connectivity index (χ2n) is 14.6. The molecule has 2 saturated heterocycles. The summed E-state index contributed by atoms with van der Waals surface area (Å²) in [6.07, 6.45) is 4.61. The molecular formula is C42H51N9O5. The summed E-state index contributed by atoms with van der Waals surface area (Å²) in [5.74, 6) is 0.987. The van der Waals surface area contributed by atoms with Crippen LogP contribution in [0.5, 0.6) is 0 Å². The van der Waals surface area contributed by atoms with Crippen LogP contribution in [0, 0.1) is 11.8 Å². The number of anilines is 2. The van der Waals surface area contributed by atoms with Gasteiger partial charge in [-0.2, -0.15) is 10.2 Å². The molecule has 0 amide bonds. The van der Waals surface area contributed by atoms with E-state index < -0.39 is 17.3 Å². The van der Waals surface area contributed by atoms with Crippen molar-refractivity contribution in [1.29, 1.82) is 0 Å². The summed E-state index contributed by atoms with van der Waals surface area (Å²) in [6, 6.07) is 27.5. The topological polar surface area (TPSA) is 192 Å². The lowest BCUT2D eigenvalue weighted by molar-refractivity contribution is -0.148. The normalized spacial score (nSPS) is 27.4. The van der Waals surface area contributed by atoms with Crippen molar-refractivity contribution in [2.75, 3.05) is 18.0 Å². The third-order valence-electron chi connectivity index (χ3n) is 11.3. The number of ether oxygens (including phenoxy) is 4. The van der Waals surface area contributed by atoms with Gasteiger partial charge >= 0.3 is 0 Å². The van der Waals surface area contributed by atoms with Gasteiger partial charge in [0.2, 0.25) is 0 Å². The molecule has 8 atom stereocenters. The summed E-state index contributed by atoms with van der Waals surface area (Å²) in [5.41, 5.74) is 21.3. The lowest BCUT2D eigenvalue weighted by atomic mass is 9.86. The number of carbonyl (C=O) groups excluding carboxylic acids is 1. The third kappa shape index (κ3) is 6.92. The molecule has 2 aliphatic heterocycles. The monoisotopic (exact) mass is 761 g/mol. The van der Waals surface area contributed by atoms with Gasteiger partial charge in [-0.3, -0.25) is 4.79 Å². The van der Waals surface area contributed by atoms with Crippen molar-refractivity contribution < 1.29 is 23.7 Å². The molecule has 8 rings (SSSR count). The Hall–Kier alpha value is -5.25. The molecule has 14 heteroatoms. The van der Waals surface area contributed by atoms with E-state index in [2.05, 4.69) is 53.1 Å². The Morgan fingerprint density at radius 2 is 1.18 bits per heavy atom. The highest BCUT2D eigenvalue weighted by molar-refractivity contribution is 5.72. The molecular weight excluding hydrogens is 711 g/mol. The molecule has 4 aromatic heterocycles. The van der Waals surface area contributed by atoms with Crippen molar-refractivity contribution in [3.63, 3.8) is 0 Å². The maximum atomic E-state index is 12.5. The standard InChI is InChI=1S/C21H27N5O2.C21H24N4O3/c1-3-17-14(2)19(27-11-15-7-5-4-6-8-15)21(12-22,28-17)18-10-9-16-20(23)24-13-25-26(16)18;1-3-17-14(2)19(27-11-15-7-5-4-6-8-15)21(12-26,28-17)18-10-9-16-20(22)23-13-24-25(16)18/h4-10,13-14,17,19H,3,11-12,22H2,1-2H3,(H2,23,24,25);4-10,12-14,17,19H,3,11H2,1-2H3,(H2,22,23,24)/t2*14?,17-,19+,21+/m11/s1. The van der Waals surface area contributed by atoms with Crippen molar-refractivity contribution in [3.05, 3.63) is 120 Å². The number of hydrogen-bond donors (Lipinski definition) is 3. The molecule has 2 fully saturated rings. The van der Waals surface area contributed by atoms with Crippen LogP contribution in [0.4, 0.5) is 11.6 Å². The fourth-order valence-corrected chi connectivity index (χ4v) is 8.43. The molecule has 2 unspecified atom stereocenters. The first-order valence-electron chi connectivity index (χ1n) is 19.2. The van der Waals surface area contributed by atoms with Gasteiger partial charge < -0.3 is 36.1 Å². The Bertz CT molecular complexity index is 2230. The summed E-state index contributed by atoms with van der Waals surface area (Å²) < 4.78 is 29.1. The first kappa shape index (κ1) is 39.0. The molecule has 2 aliphatic rings. The number of fused-ring (bicyclic) bond motifs is 2. The van der Waals surface area contributed by atoms with E-state index in [-0.39, 0.29) is 36.7 Å². The van der Waals surface area contributed by atoms with E-state index in [0.29, 0.717) is 36.1 Å². The Balaban J connectivity index is 0.000000172. The van der Waals surface area contributed by atoms with Gasteiger partial charge in [0, 0.05) is 18.4 Å². The fourth-order valence-electron chi connectivity index (χ4n) is 8.43. The van der Waals surface area contributed by atoms with Crippen LogP contribution in [0.2, 0.25) is 0 Å². The van der Waals surface area contributed by atoms with Crippen molar-refractivity contribution in [3.8, 4) is 0 Å². The van der Waals surface area contributed by atoms with Gasteiger partial charge in [-0.1, -0.05) is 88.4 Å². The van der Waals surface area contributed by atoms with Gasteiger partial charge in [0.15, 0.2) is 23.5 Å². The van der Waals surface area contributed by atoms with Crippen LogP contribution in [0.3, 0.4) is 0 Å². The van der Waals surface area contributed by atoms with Gasteiger partial charge in [-0.15, -0.1) is 0 Å². The van der Waals surface area contributed by atoms with E-state index in [1.165, 1.54) is 12.7 Å². The summed E-state index contributed by atoms with van der Waals surface area (Å²) >= 11 is 0. The van der Waals surface area contributed by atoms with Crippen LogP contribution in [0.15, 0.2) is 97.6 Å². The highest BCUT2D eigenvalue weighted by atomic mass is 16.6. The van der Waals surface area contributed by atoms with E-state index in [4.69, 9.17) is 36.1 Å². The van der Waals surface area contributed by atoms with Crippen molar-refractivity contribution in [2.24, 2.45) is 17.6 Å². The molecule has 14 nitrogen and oxygen atoms in total. The second-order valence-corrected chi connectivity index (χ2v) is 14.6. The number of aldehydes is 1. The van der Waals surface area contributed by atoms with Gasteiger partial charge in [-0.25, -0.2) is 19.0 Å². The first-order valence-corrected chi connectivity index (χ1v) is 19.2. The van der Waals surface area contributed by atoms with Crippen LogP contribution in [-0.4, -0.2) is 66.4 Å². The Morgan fingerprint density at radius 3 is 1.70 bits per heavy atom. The molecule has 0 bridgehead atoms. The molecule has 0 aliphatic carbocycles. The highest BCUT2D eigenvalue weighted by Gasteiger charge is 2.57. The minimum atomic E-state index is -1.26. The van der Waals surface area contributed by atoms with Gasteiger partial charge in [0.1, 0.15) is 35.4 Å². The maximum Gasteiger partial charge on any atom is 0.191 e. The molecule has 6 aromatic rings. The maximum absolute atomic E-state index is 12.5. The van der Waals surface area contributed by atoms with Gasteiger partial charge in [-0.05, 0) is 48.2 Å². The zero-order valence-electron chi connectivity index (χ0n) is 32.3. The van der Waals surface area contributed by atoms with Crippen molar-refractivity contribution in [2.45, 2.75) is 89.4 Å². The average molecular weight is 762 g/mol. The smallest absolute Gasteiger partial charge is 0.191 e. The lowest BCUT2D eigenvalue weighted by Crippen LogP contribution is -2.47. The zero-order valence-corrected chi connectivity index (χ0v) is 32.3. The molecule has 0 radical (unpaired) electrons. The molecule has 6 heterocycles. The quantitative estimate of drug-likeness (QED) is 0.138. The Kier molecular flexibility index (Phi) is 11.5. The number of nitrogens with zero attached hydrogens (tertiary/aromatic N) is 6. The summed E-state index contributed by atoms with van der Waals surface area (Å²) in [5, 5.41) is 8.70. The van der Waals surface area contributed by atoms with E-state index in [0.717, 1.165) is 41.5 Å². The van der Waals surface area contributed by atoms with Crippen LogP contribution < -0.4 is 17.2 Å². The summed E-state index contributed by atoms with van der Waals surface area (Å²) in [6.45, 7) is 9.58. The highest BCUT2D eigenvalue weighted by Crippen LogP contribution is 2.47. The van der Waals surface area contributed by atoms with Crippen LogP contribution >= 0.6 is 0 Å². The average Bonchev–Trinajstić information content (AvgIpc) is 4.00. The second kappa shape index (κ2) is 16.5. The third-order valence-corrected chi connectivity index (χ3v) is 11.3. The Morgan fingerprint density at radius 1 is 0.696 bits per heavy atom. The Labute approximate surface area is 326 Å². The number of nitrogen functional groups attached to an aromatic ring is 2. The van der Waals surface area contributed by atoms with E-state index in [1.807, 2.05) is 73.7 Å². The number of aromatic nitrogens is 6. The predicted octanol–water partition coefficient (Wildman–Crippen LogP) is 5.23. The number of nitrogens with two attached hydrogens (primary N) is 3. The molecule has 0 spiro atoms. The minimum absolute atomic E-state index is 0.0312. The summed E-state index contributed by atoms with van der Waals surface area (Å²) in [7, 11) is 0. The van der Waals surface area contributed by atoms with E-state index in [9.17, 15) is 4.79 Å². The zero-order chi connectivity index (χ0) is 39.5. The lowest BCUT2D eigenvalue weighted by Gasteiger charge is -2.34. The number of benzene rings is 2. The molecule has 0 saturated carbocycles. The van der Waals surface area contributed by atoms with Crippen molar-refractivity contribution in [1.82, 2.24) is 29.2 Å². The first-order chi connectivity index (χ1) is 27.2. The van der Waals surface area contributed by atoms with Gasteiger partial charge in [0.25, 0.3) is 0 Å². The van der Waals surface area contributed by atoms with Crippen LogP contribution in [-0.2, 0) is 48.2 Å². The van der Waals surface area contributed by atoms with Crippen molar-refractivity contribution >= 4 is 29.0 Å². The molecule has 56 heavy (non-hydrogen) atoms. The fraction of sp³-hybridized carbons (Fsp3) is 0.405. The van der Waals surface area contributed by atoms with Crippen LogP contribution in [0.1, 0.15) is 63.1 Å². The number of rotatable bonds is 12. The largest absolute Gasteiger partial charge is 0.382 e. The van der Waals surface area contributed by atoms with E-state index in [1.54, 1.807) is 15.1 Å². The summed E-state index contributed by atoms with van der Waals surface area (Å²) in [4.78, 5) is 20.6. The molecule has 6 N–H and O–H groups in total. The van der Waals surface area contributed by atoms with Gasteiger partial charge in [0.05, 0.1) is 42.9 Å². The molecule has 2 aromatic carbocycles. The predicted molar refractivity (Wildman–Crippen MR) is 212 cm³/mol. The number of hydrogen-bond acceptors (Lipinski definition) is 12. The minimum Gasteiger partial charge on any atom is -0.382 e. The SMILES string of the molecule is CC[C@H]1O[C@@](C=O)(c2ccc3c(N)ncnn23)[C@@H](OCc2ccccc2)C1C.CC[C@H]1O[C@@](CN)(c2ccc3c(N)ncnn23)[C@@H](OCc2ccccc2)C1C.